The Bertz CT molecular complexity index is 384. The van der Waals surface area contributed by atoms with E-state index in [-0.39, 0.29) is 5.97 Å². The molecular formula is C10H15N3O2. The molecule has 5 heteroatoms. The lowest BCUT2D eigenvalue weighted by Crippen LogP contribution is -2.24. The summed E-state index contributed by atoms with van der Waals surface area (Å²) in [5.74, 6) is -0.285. The average Bonchev–Trinajstić information content (AvgIpc) is 2.66. The van der Waals surface area contributed by atoms with Crippen molar-refractivity contribution in [1.29, 1.82) is 0 Å². The highest BCUT2D eigenvalue weighted by molar-refractivity contribution is 5.89. The molecule has 0 aliphatic carbocycles. The van der Waals surface area contributed by atoms with Crippen LogP contribution in [0.5, 0.6) is 0 Å². The summed E-state index contributed by atoms with van der Waals surface area (Å²) in [7, 11) is 1.41. The summed E-state index contributed by atoms with van der Waals surface area (Å²) >= 11 is 0. The lowest BCUT2D eigenvalue weighted by atomic mass is 10.1. The molecule has 2 heterocycles. The molecule has 1 aliphatic heterocycles. The Morgan fingerprint density at radius 1 is 1.67 bits per heavy atom. The van der Waals surface area contributed by atoms with Gasteiger partial charge in [-0.15, -0.1) is 0 Å². The first-order valence-corrected chi connectivity index (χ1v) is 5.15. The maximum atomic E-state index is 11.6. The fraction of sp³-hybridized carbons (Fsp3) is 0.600. The predicted octanol–water partition coefficient (Wildman–Crippen LogP) is 0.335. The van der Waals surface area contributed by atoms with Gasteiger partial charge < -0.3 is 10.1 Å². The SMILES string of the molecule is CCn1nc2c(c1C(=O)OC)CCNC2. The number of fused-ring (bicyclic) bond motifs is 1. The number of rotatable bonds is 2. The third-order valence-electron chi connectivity index (χ3n) is 2.66. The van der Waals surface area contributed by atoms with Crippen LogP contribution in [-0.2, 0) is 24.2 Å². The average molecular weight is 209 g/mol. The van der Waals surface area contributed by atoms with Crippen LogP contribution in [0, 0.1) is 0 Å². The van der Waals surface area contributed by atoms with Crippen molar-refractivity contribution in [1.82, 2.24) is 15.1 Å². The molecule has 0 radical (unpaired) electrons. The number of methoxy groups -OCH3 is 1. The van der Waals surface area contributed by atoms with Gasteiger partial charge in [0.05, 0.1) is 12.8 Å². The van der Waals surface area contributed by atoms with E-state index in [2.05, 4.69) is 10.4 Å². The normalized spacial score (nSPS) is 14.8. The van der Waals surface area contributed by atoms with Crippen LogP contribution in [0.4, 0.5) is 0 Å². The third-order valence-corrected chi connectivity index (χ3v) is 2.66. The molecule has 0 atom stereocenters. The minimum Gasteiger partial charge on any atom is -0.464 e. The largest absolute Gasteiger partial charge is 0.464 e. The van der Waals surface area contributed by atoms with Crippen LogP contribution in [0.25, 0.3) is 0 Å². The molecule has 1 aliphatic rings. The van der Waals surface area contributed by atoms with E-state index in [0.717, 1.165) is 30.8 Å². The van der Waals surface area contributed by atoms with E-state index in [1.807, 2.05) is 6.92 Å². The Labute approximate surface area is 88.4 Å². The Balaban J connectivity index is 2.49. The second kappa shape index (κ2) is 4.02. The van der Waals surface area contributed by atoms with Gasteiger partial charge in [-0.1, -0.05) is 0 Å². The molecule has 0 spiro atoms. The standard InChI is InChI=1S/C10H15N3O2/c1-3-13-9(10(14)15-2)7-4-5-11-6-8(7)12-13/h11H,3-6H2,1-2H3. The van der Waals surface area contributed by atoms with Crippen molar-refractivity contribution in [2.75, 3.05) is 13.7 Å². The molecule has 0 bridgehead atoms. The summed E-state index contributed by atoms with van der Waals surface area (Å²) in [5, 5.41) is 7.63. The van der Waals surface area contributed by atoms with E-state index in [1.165, 1.54) is 7.11 Å². The smallest absolute Gasteiger partial charge is 0.356 e. The summed E-state index contributed by atoms with van der Waals surface area (Å²) in [6.45, 7) is 4.30. The van der Waals surface area contributed by atoms with Crippen molar-refractivity contribution in [3.63, 3.8) is 0 Å². The number of aryl methyl sites for hydroxylation is 1. The van der Waals surface area contributed by atoms with Crippen LogP contribution >= 0.6 is 0 Å². The molecule has 1 aromatic heterocycles. The van der Waals surface area contributed by atoms with E-state index < -0.39 is 0 Å². The van der Waals surface area contributed by atoms with Gasteiger partial charge in [0.15, 0.2) is 0 Å². The molecule has 0 saturated carbocycles. The van der Waals surface area contributed by atoms with Crippen molar-refractivity contribution in [2.24, 2.45) is 0 Å². The molecule has 0 amide bonds. The van der Waals surface area contributed by atoms with Crippen molar-refractivity contribution >= 4 is 5.97 Å². The van der Waals surface area contributed by atoms with Crippen molar-refractivity contribution in [2.45, 2.75) is 26.4 Å². The van der Waals surface area contributed by atoms with Gasteiger partial charge in [-0.25, -0.2) is 4.79 Å². The van der Waals surface area contributed by atoms with Crippen molar-refractivity contribution in [3.8, 4) is 0 Å². The second-order valence-corrected chi connectivity index (χ2v) is 3.51. The number of nitrogens with one attached hydrogen (secondary N) is 1. The van der Waals surface area contributed by atoms with Crippen LogP contribution in [-0.4, -0.2) is 29.4 Å². The summed E-state index contributed by atoms with van der Waals surface area (Å²) in [6, 6.07) is 0. The van der Waals surface area contributed by atoms with Gasteiger partial charge in [0.1, 0.15) is 5.69 Å². The Morgan fingerprint density at radius 3 is 3.13 bits per heavy atom. The zero-order valence-electron chi connectivity index (χ0n) is 9.04. The van der Waals surface area contributed by atoms with Gasteiger partial charge in [-0.2, -0.15) is 5.10 Å². The summed E-state index contributed by atoms with van der Waals surface area (Å²) < 4.78 is 6.51. The molecule has 82 valence electrons. The van der Waals surface area contributed by atoms with E-state index in [4.69, 9.17) is 4.74 Å². The molecule has 0 aromatic carbocycles. The first-order chi connectivity index (χ1) is 7.27. The maximum absolute atomic E-state index is 11.6. The van der Waals surface area contributed by atoms with Gasteiger partial charge >= 0.3 is 5.97 Å². The molecule has 0 saturated heterocycles. The van der Waals surface area contributed by atoms with Gasteiger partial charge in [0.25, 0.3) is 0 Å². The van der Waals surface area contributed by atoms with Gasteiger partial charge in [0.2, 0.25) is 0 Å². The first kappa shape index (κ1) is 10.2. The first-order valence-electron chi connectivity index (χ1n) is 5.15. The highest BCUT2D eigenvalue weighted by Crippen LogP contribution is 2.18. The number of esters is 1. The molecular weight excluding hydrogens is 194 g/mol. The van der Waals surface area contributed by atoms with Gasteiger partial charge in [-0.3, -0.25) is 4.68 Å². The van der Waals surface area contributed by atoms with Crippen LogP contribution < -0.4 is 5.32 Å². The quantitative estimate of drug-likeness (QED) is 0.713. The number of carbonyl (C=O) groups excluding carboxylic acids is 1. The van der Waals surface area contributed by atoms with Gasteiger partial charge in [-0.05, 0) is 19.9 Å². The predicted molar refractivity (Wildman–Crippen MR) is 54.7 cm³/mol. The van der Waals surface area contributed by atoms with Crippen LogP contribution in [0.2, 0.25) is 0 Å². The molecule has 0 fully saturated rings. The van der Waals surface area contributed by atoms with Crippen molar-refractivity contribution in [3.05, 3.63) is 17.0 Å². The molecule has 1 N–H and O–H groups in total. The molecule has 1 aromatic rings. The molecule has 5 nitrogen and oxygen atoms in total. The summed E-state index contributed by atoms with van der Waals surface area (Å²) in [6.07, 6.45) is 0.847. The summed E-state index contributed by atoms with van der Waals surface area (Å²) in [4.78, 5) is 11.6. The number of aromatic nitrogens is 2. The third kappa shape index (κ3) is 1.63. The second-order valence-electron chi connectivity index (χ2n) is 3.51. The van der Waals surface area contributed by atoms with E-state index >= 15 is 0 Å². The monoisotopic (exact) mass is 209 g/mol. The van der Waals surface area contributed by atoms with Crippen molar-refractivity contribution < 1.29 is 9.53 Å². The number of hydrogen-bond donors (Lipinski definition) is 1. The van der Waals surface area contributed by atoms with Crippen LogP contribution in [0.1, 0.15) is 28.7 Å². The number of nitrogens with zero attached hydrogens (tertiary/aromatic N) is 2. The zero-order valence-corrected chi connectivity index (χ0v) is 9.04. The Kier molecular flexibility index (Phi) is 2.73. The van der Waals surface area contributed by atoms with Crippen LogP contribution in [0.15, 0.2) is 0 Å². The van der Waals surface area contributed by atoms with E-state index in [1.54, 1.807) is 4.68 Å². The number of hydrogen-bond acceptors (Lipinski definition) is 4. The van der Waals surface area contributed by atoms with Crippen LogP contribution in [0.3, 0.4) is 0 Å². The number of ether oxygens (including phenoxy) is 1. The minimum absolute atomic E-state index is 0.285. The fourth-order valence-electron chi connectivity index (χ4n) is 1.93. The zero-order chi connectivity index (χ0) is 10.8. The molecule has 15 heavy (non-hydrogen) atoms. The Morgan fingerprint density at radius 2 is 2.47 bits per heavy atom. The Hall–Kier alpha value is -1.36. The molecule has 0 unspecified atom stereocenters. The van der Waals surface area contributed by atoms with Gasteiger partial charge in [0, 0.05) is 18.7 Å². The van der Waals surface area contributed by atoms with E-state index in [0.29, 0.717) is 12.2 Å². The lowest BCUT2D eigenvalue weighted by molar-refractivity contribution is 0.0585. The topological polar surface area (TPSA) is 56.2 Å². The fourth-order valence-corrected chi connectivity index (χ4v) is 1.93. The molecule has 2 rings (SSSR count). The maximum Gasteiger partial charge on any atom is 0.356 e. The lowest BCUT2D eigenvalue weighted by Gasteiger charge is -2.11. The minimum atomic E-state index is -0.285. The highest BCUT2D eigenvalue weighted by Gasteiger charge is 2.24. The highest BCUT2D eigenvalue weighted by atomic mass is 16.5. The van der Waals surface area contributed by atoms with E-state index in [9.17, 15) is 4.79 Å². The summed E-state index contributed by atoms with van der Waals surface area (Å²) in [5.41, 5.74) is 2.64. The number of carbonyl (C=O) groups is 1.